The second-order valence-electron chi connectivity index (χ2n) is 4.62. The molecule has 0 saturated carbocycles. The third kappa shape index (κ3) is 2.11. The SMILES string of the molecule is FC1OCCCC1Nc1ncnc2c1CCC2. The zero-order chi connectivity index (χ0) is 11.7. The van der Waals surface area contributed by atoms with Gasteiger partial charge < -0.3 is 10.1 Å². The molecule has 0 bridgehead atoms. The number of rotatable bonds is 2. The van der Waals surface area contributed by atoms with Crippen LogP contribution in [0.3, 0.4) is 0 Å². The maximum atomic E-state index is 13.6. The second-order valence-corrected chi connectivity index (χ2v) is 4.62. The lowest BCUT2D eigenvalue weighted by molar-refractivity contribution is -0.0758. The lowest BCUT2D eigenvalue weighted by atomic mass is 10.1. The lowest BCUT2D eigenvalue weighted by Crippen LogP contribution is -2.37. The van der Waals surface area contributed by atoms with Gasteiger partial charge in [-0.2, -0.15) is 0 Å². The van der Waals surface area contributed by atoms with E-state index >= 15 is 0 Å². The minimum atomic E-state index is -1.23. The fourth-order valence-electron chi connectivity index (χ4n) is 2.54. The summed E-state index contributed by atoms with van der Waals surface area (Å²) in [5.41, 5.74) is 2.26. The first-order valence-corrected chi connectivity index (χ1v) is 6.19. The van der Waals surface area contributed by atoms with Crippen LogP contribution in [0.5, 0.6) is 0 Å². The molecule has 1 aromatic heterocycles. The summed E-state index contributed by atoms with van der Waals surface area (Å²) in [4.78, 5) is 8.49. The number of nitrogens with one attached hydrogen (secondary N) is 1. The molecule has 0 spiro atoms. The van der Waals surface area contributed by atoms with Gasteiger partial charge in [0.05, 0.1) is 12.6 Å². The van der Waals surface area contributed by atoms with Crippen molar-refractivity contribution in [3.8, 4) is 0 Å². The molecule has 1 aliphatic carbocycles. The highest BCUT2D eigenvalue weighted by Crippen LogP contribution is 2.27. The van der Waals surface area contributed by atoms with E-state index < -0.39 is 6.36 Å². The summed E-state index contributed by atoms with van der Waals surface area (Å²) in [7, 11) is 0. The monoisotopic (exact) mass is 237 g/mol. The summed E-state index contributed by atoms with van der Waals surface area (Å²) in [5, 5.41) is 3.18. The second kappa shape index (κ2) is 4.56. The third-order valence-electron chi connectivity index (χ3n) is 3.45. The van der Waals surface area contributed by atoms with E-state index in [0.717, 1.165) is 49.2 Å². The number of ether oxygens (including phenoxy) is 1. The van der Waals surface area contributed by atoms with Crippen molar-refractivity contribution in [2.75, 3.05) is 11.9 Å². The number of nitrogens with zero attached hydrogens (tertiary/aromatic N) is 2. The summed E-state index contributed by atoms with van der Waals surface area (Å²) < 4.78 is 18.6. The van der Waals surface area contributed by atoms with Gasteiger partial charge in [0.1, 0.15) is 12.1 Å². The van der Waals surface area contributed by atoms with Gasteiger partial charge in [0, 0.05) is 11.3 Å². The summed E-state index contributed by atoms with van der Waals surface area (Å²) in [6.45, 7) is 0.515. The van der Waals surface area contributed by atoms with Crippen LogP contribution in [-0.2, 0) is 17.6 Å². The van der Waals surface area contributed by atoms with Crippen LogP contribution in [-0.4, -0.2) is 29.0 Å². The van der Waals surface area contributed by atoms with Gasteiger partial charge in [-0.3, -0.25) is 0 Å². The van der Waals surface area contributed by atoms with Gasteiger partial charge in [-0.25, -0.2) is 14.4 Å². The molecule has 92 valence electrons. The zero-order valence-corrected chi connectivity index (χ0v) is 9.66. The predicted molar refractivity (Wildman–Crippen MR) is 61.5 cm³/mol. The van der Waals surface area contributed by atoms with Crippen LogP contribution in [0, 0.1) is 0 Å². The fourth-order valence-corrected chi connectivity index (χ4v) is 2.54. The largest absolute Gasteiger partial charge is 0.362 e. The van der Waals surface area contributed by atoms with Crippen molar-refractivity contribution in [1.82, 2.24) is 9.97 Å². The van der Waals surface area contributed by atoms with Gasteiger partial charge in [0.15, 0.2) is 0 Å². The molecule has 2 aliphatic rings. The van der Waals surface area contributed by atoms with Crippen molar-refractivity contribution in [2.24, 2.45) is 0 Å². The third-order valence-corrected chi connectivity index (χ3v) is 3.45. The molecule has 5 heteroatoms. The minimum absolute atomic E-state index is 0.275. The molecule has 3 rings (SSSR count). The van der Waals surface area contributed by atoms with Crippen LogP contribution >= 0.6 is 0 Å². The Morgan fingerprint density at radius 3 is 3.12 bits per heavy atom. The average molecular weight is 237 g/mol. The van der Waals surface area contributed by atoms with Crippen LogP contribution < -0.4 is 5.32 Å². The lowest BCUT2D eigenvalue weighted by Gasteiger charge is -2.27. The van der Waals surface area contributed by atoms with E-state index in [9.17, 15) is 4.39 Å². The van der Waals surface area contributed by atoms with Crippen molar-refractivity contribution in [2.45, 2.75) is 44.5 Å². The summed E-state index contributed by atoms with van der Waals surface area (Å²) in [6.07, 6.45) is 5.13. The minimum Gasteiger partial charge on any atom is -0.362 e. The molecule has 1 saturated heterocycles. The number of aryl methyl sites for hydroxylation is 1. The van der Waals surface area contributed by atoms with Crippen molar-refractivity contribution in [3.05, 3.63) is 17.6 Å². The van der Waals surface area contributed by atoms with Gasteiger partial charge in [-0.05, 0) is 32.1 Å². The Morgan fingerprint density at radius 2 is 2.24 bits per heavy atom. The maximum absolute atomic E-state index is 13.6. The first-order valence-electron chi connectivity index (χ1n) is 6.19. The molecule has 0 radical (unpaired) electrons. The molecule has 2 unspecified atom stereocenters. The molecule has 2 atom stereocenters. The van der Waals surface area contributed by atoms with E-state index in [1.54, 1.807) is 6.33 Å². The highest BCUT2D eigenvalue weighted by molar-refractivity contribution is 5.48. The van der Waals surface area contributed by atoms with Gasteiger partial charge in [0.25, 0.3) is 0 Å². The van der Waals surface area contributed by atoms with Crippen LogP contribution in [0.4, 0.5) is 10.2 Å². The van der Waals surface area contributed by atoms with Crippen molar-refractivity contribution >= 4 is 5.82 Å². The Kier molecular flexibility index (Phi) is 2.93. The molecule has 4 nitrogen and oxygen atoms in total. The Labute approximate surface area is 99.6 Å². The van der Waals surface area contributed by atoms with E-state index in [1.165, 1.54) is 0 Å². The van der Waals surface area contributed by atoms with E-state index in [4.69, 9.17) is 4.74 Å². The topological polar surface area (TPSA) is 47.0 Å². The molecule has 1 N–H and O–H groups in total. The standard InChI is InChI=1S/C12H16FN3O/c13-11-10(5-2-6-17-11)16-12-8-3-1-4-9(8)14-7-15-12/h7,10-11H,1-6H2,(H,14,15,16). The molecule has 0 aromatic carbocycles. The number of hydrogen-bond donors (Lipinski definition) is 1. The Bertz CT molecular complexity index is 413. The first-order chi connectivity index (χ1) is 8.34. The zero-order valence-electron chi connectivity index (χ0n) is 9.66. The smallest absolute Gasteiger partial charge is 0.219 e. The quantitative estimate of drug-likeness (QED) is 0.852. The molecular formula is C12H16FN3O. The number of anilines is 1. The average Bonchev–Trinajstić information content (AvgIpc) is 2.81. The normalized spacial score (nSPS) is 27.8. The number of aromatic nitrogens is 2. The summed E-state index contributed by atoms with van der Waals surface area (Å²) in [5.74, 6) is 0.797. The summed E-state index contributed by atoms with van der Waals surface area (Å²) >= 11 is 0. The van der Waals surface area contributed by atoms with Gasteiger partial charge in [-0.1, -0.05) is 0 Å². The number of alkyl halides is 1. The van der Waals surface area contributed by atoms with Crippen LogP contribution in [0.25, 0.3) is 0 Å². The molecule has 1 aromatic rings. The van der Waals surface area contributed by atoms with Crippen molar-refractivity contribution < 1.29 is 9.13 Å². The highest BCUT2D eigenvalue weighted by Gasteiger charge is 2.27. The van der Waals surface area contributed by atoms with Crippen LogP contribution in [0.1, 0.15) is 30.5 Å². The molecular weight excluding hydrogens is 221 g/mol. The van der Waals surface area contributed by atoms with Crippen molar-refractivity contribution in [1.29, 1.82) is 0 Å². The predicted octanol–water partition coefficient (Wildman–Crippen LogP) is 1.85. The van der Waals surface area contributed by atoms with Gasteiger partial charge in [0.2, 0.25) is 6.36 Å². The number of hydrogen-bond acceptors (Lipinski definition) is 4. The Morgan fingerprint density at radius 1 is 1.29 bits per heavy atom. The molecule has 17 heavy (non-hydrogen) atoms. The van der Waals surface area contributed by atoms with E-state index in [-0.39, 0.29) is 6.04 Å². The summed E-state index contributed by atoms with van der Waals surface area (Å²) in [6, 6.07) is -0.275. The number of halogens is 1. The molecule has 2 heterocycles. The Balaban J connectivity index is 1.78. The highest BCUT2D eigenvalue weighted by atomic mass is 19.1. The van der Waals surface area contributed by atoms with E-state index in [0.29, 0.717) is 6.61 Å². The maximum Gasteiger partial charge on any atom is 0.219 e. The first kappa shape index (κ1) is 10.9. The van der Waals surface area contributed by atoms with Gasteiger partial charge >= 0.3 is 0 Å². The molecule has 1 aliphatic heterocycles. The Hall–Kier alpha value is -1.23. The molecule has 0 amide bonds. The molecule has 1 fully saturated rings. The van der Waals surface area contributed by atoms with Crippen molar-refractivity contribution in [3.63, 3.8) is 0 Å². The van der Waals surface area contributed by atoms with Gasteiger partial charge in [-0.15, -0.1) is 0 Å². The van der Waals surface area contributed by atoms with Crippen LogP contribution in [0.2, 0.25) is 0 Å². The van der Waals surface area contributed by atoms with E-state index in [2.05, 4.69) is 15.3 Å². The van der Waals surface area contributed by atoms with Crippen LogP contribution in [0.15, 0.2) is 6.33 Å². The number of fused-ring (bicyclic) bond motifs is 1. The fraction of sp³-hybridized carbons (Fsp3) is 0.667. The van der Waals surface area contributed by atoms with E-state index in [1.807, 2.05) is 0 Å².